The summed E-state index contributed by atoms with van der Waals surface area (Å²) >= 11 is 0. The molecule has 0 spiro atoms. The molecule has 2 rings (SSSR count). The van der Waals surface area contributed by atoms with E-state index in [0.717, 1.165) is 64.7 Å². The van der Waals surface area contributed by atoms with Gasteiger partial charge in [-0.05, 0) is 52.2 Å². The molecule has 4 heteroatoms. The van der Waals surface area contributed by atoms with Crippen LogP contribution in [0.5, 0.6) is 0 Å². The van der Waals surface area contributed by atoms with E-state index in [-0.39, 0.29) is 17.5 Å². The smallest absolute Gasteiger partial charge is 0.312 e. The molecule has 0 aromatic carbocycles. The lowest BCUT2D eigenvalue weighted by molar-refractivity contribution is -0.166. The van der Waals surface area contributed by atoms with Crippen LogP contribution < -0.4 is 5.32 Å². The lowest BCUT2D eigenvalue weighted by Crippen LogP contribution is -2.45. The Morgan fingerprint density at radius 1 is 1.32 bits per heavy atom. The highest BCUT2D eigenvalue weighted by molar-refractivity contribution is 5.77. The van der Waals surface area contributed by atoms with Gasteiger partial charge in [-0.3, -0.25) is 4.79 Å². The van der Waals surface area contributed by atoms with E-state index in [1.54, 1.807) is 0 Å². The van der Waals surface area contributed by atoms with Gasteiger partial charge in [0.2, 0.25) is 0 Å². The van der Waals surface area contributed by atoms with E-state index in [1.807, 2.05) is 0 Å². The molecule has 1 N–H and O–H groups in total. The van der Waals surface area contributed by atoms with Crippen LogP contribution in [0.3, 0.4) is 0 Å². The van der Waals surface area contributed by atoms with E-state index in [9.17, 15) is 4.79 Å². The third kappa shape index (κ3) is 3.69. The van der Waals surface area contributed by atoms with Gasteiger partial charge < -0.3 is 15.0 Å². The lowest BCUT2D eigenvalue weighted by Gasteiger charge is -2.37. The van der Waals surface area contributed by atoms with Crippen molar-refractivity contribution >= 4 is 5.97 Å². The van der Waals surface area contributed by atoms with Crippen molar-refractivity contribution in [3.63, 3.8) is 0 Å². The number of carbonyl (C=O) groups is 1. The molecule has 0 unspecified atom stereocenters. The van der Waals surface area contributed by atoms with Crippen molar-refractivity contribution in [2.24, 2.45) is 5.41 Å². The van der Waals surface area contributed by atoms with Crippen LogP contribution in [0.1, 0.15) is 45.4 Å². The molecule has 19 heavy (non-hydrogen) atoms. The Kier molecular flexibility index (Phi) is 5.22. The predicted molar refractivity (Wildman–Crippen MR) is 76.1 cm³/mol. The Morgan fingerprint density at radius 2 is 1.95 bits per heavy atom. The summed E-state index contributed by atoms with van der Waals surface area (Å²) in [4.78, 5) is 14.9. The Hall–Kier alpha value is -0.610. The van der Waals surface area contributed by atoms with Crippen molar-refractivity contribution in [1.82, 2.24) is 10.2 Å². The third-order valence-electron chi connectivity index (χ3n) is 4.66. The van der Waals surface area contributed by atoms with Gasteiger partial charge in [-0.25, -0.2) is 0 Å². The first-order chi connectivity index (χ1) is 9.16. The number of piperidine rings is 2. The number of likely N-dealkylation sites (tertiary alicyclic amines) is 1. The van der Waals surface area contributed by atoms with Crippen molar-refractivity contribution in [1.29, 1.82) is 0 Å². The summed E-state index contributed by atoms with van der Waals surface area (Å²) in [6.45, 7) is 6.14. The summed E-state index contributed by atoms with van der Waals surface area (Å²) in [5.74, 6) is 0.0744. The standard InChI is InChI=1S/C15H28N2O2/c1-3-6-15(7-9-16-10-8-15)14(18)19-13-4-11-17(2)12-5-13/h13,16H,3-12H2,1-2H3. The summed E-state index contributed by atoms with van der Waals surface area (Å²) in [6.07, 6.45) is 6.03. The summed E-state index contributed by atoms with van der Waals surface area (Å²) in [5.41, 5.74) is -0.205. The molecule has 0 saturated carbocycles. The van der Waals surface area contributed by atoms with Crippen molar-refractivity contribution < 1.29 is 9.53 Å². The molecule has 0 bridgehead atoms. The number of nitrogens with one attached hydrogen (secondary N) is 1. The molecule has 2 aliphatic heterocycles. The Labute approximate surface area is 116 Å². The highest BCUT2D eigenvalue weighted by Crippen LogP contribution is 2.36. The normalized spacial score (nSPS) is 25.2. The zero-order chi connectivity index (χ0) is 13.7. The second-order valence-corrected chi connectivity index (χ2v) is 6.19. The second kappa shape index (κ2) is 6.71. The molecule has 110 valence electrons. The van der Waals surface area contributed by atoms with E-state index in [4.69, 9.17) is 4.74 Å². The molecule has 0 aromatic rings. The van der Waals surface area contributed by atoms with Crippen LogP contribution in [0.15, 0.2) is 0 Å². The quantitative estimate of drug-likeness (QED) is 0.789. The summed E-state index contributed by atoms with van der Waals surface area (Å²) < 4.78 is 5.84. The van der Waals surface area contributed by atoms with Crippen LogP contribution in [0.25, 0.3) is 0 Å². The van der Waals surface area contributed by atoms with Gasteiger partial charge in [-0.1, -0.05) is 13.3 Å². The average molecular weight is 268 g/mol. The van der Waals surface area contributed by atoms with Crippen LogP contribution in [0, 0.1) is 5.41 Å². The Balaban J connectivity index is 1.92. The monoisotopic (exact) mass is 268 g/mol. The number of hydrogen-bond acceptors (Lipinski definition) is 4. The SMILES string of the molecule is CCCC1(C(=O)OC2CCN(C)CC2)CCNCC1. The fourth-order valence-corrected chi connectivity index (χ4v) is 3.32. The largest absolute Gasteiger partial charge is 0.462 e. The van der Waals surface area contributed by atoms with Gasteiger partial charge in [0.15, 0.2) is 0 Å². The van der Waals surface area contributed by atoms with Crippen molar-refractivity contribution in [2.45, 2.75) is 51.6 Å². The first kappa shape index (κ1) is 14.8. The molecule has 2 aliphatic rings. The molecular formula is C15H28N2O2. The molecule has 0 atom stereocenters. The van der Waals surface area contributed by atoms with Gasteiger partial charge in [-0.2, -0.15) is 0 Å². The van der Waals surface area contributed by atoms with Gasteiger partial charge >= 0.3 is 5.97 Å². The van der Waals surface area contributed by atoms with E-state index in [1.165, 1.54) is 0 Å². The third-order valence-corrected chi connectivity index (χ3v) is 4.66. The maximum Gasteiger partial charge on any atom is 0.312 e. The zero-order valence-electron chi connectivity index (χ0n) is 12.4. The minimum atomic E-state index is -0.205. The van der Waals surface area contributed by atoms with E-state index in [2.05, 4.69) is 24.2 Å². The van der Waals surface area contributed by atoms with Crippen molar-refractivity contribution in [3.8, 4) is 0 Å². The number of esters is 1. The molecule has 2 heterocycles. The van der Waals surface area contributed by atoms with E-state index in [0.29, 0.717) is 0 Å². The van der Waals surface area contributed by atoms with Gasteiger partial charge in [0, 0.05) is 13.1 Å². The Bertz CT molecular complexity index is 287. The van der Waals surface area contributed by atoms with Crippen LogP contribution in [0.2, 0.25) is 0 Å². The van der Waals surface area contributed by atoms with Crippen molar-refractivity contribution in [3.05, 3.63) is 0 Å². The van der Waals surface area contributed by atoms with E-state index >= 15 is 0 Å². The Morgan fingerprint density at radius 3 is 2.53 bits per heavy atom. The molecule has 0 amide bonds. The minimum Gasteiger partial charge on any atom is -0.462 e. The summed E-state index contributed by atoms with van der Waals surface area (Å²) in [7, 11) is 2.13. The number of hydrogen-bond donors (Lipinski definition) is 1. The molecule has 2 saturated heterocycles. The molecular weight excluding hydrogens is 240 g/mol. The highest BCUT2D eigenvalue weighted by atomic mass is 16.5. The number of carbonyl (C=O) groups excluding carboxylic acids is 1. The molecule has 2 fully saturated rings. The number of nitrogens with zero attached hydrogens (tertiary/aromatic N) is 1. The van der Waals surface area contributed by atoms with Gasteiger partial charge in [0.25, 0.3) is 0 Å². The molecule has 0 aliphatic carbocycles. The fraction of sp³-hybridized carbons (Fsp3) is 0.933. The lowest BCUT2D eigenvalue weighted by atomic mass is 9.75. The van der Waals surface area contributed by atoms with Gasteiger partial charge in [-0.15, -0.1) is 0 Å². The summed E-state index contributed by atoms with van der Waals surface area (Å²) in [5, 5.41) is 3.35. The molecule has 0 aromatic heterocycles. The molecule has 0 radical (unpaired) electrons. The van der Waals surface area contributed by atoms with Crippen LogP contribution in [0.4, 0.5) is 0 Å². The average Bonchev–Trinajstić information content (AvgIpc) is 2.43. The maximum absolute atomic E-state index is 12.6. The second-order valence-electron chi connectivity index (χ2n) is 6.19. The molecule has 4 nitrogen and oxygen atoms in total. The topological polar surface area (TPSA) is 41.6 Å². The fourth-order valence-electron chi connectivity index (χ4n) is 3.32. The van der Waals surface area contributed by atoms with E-state index < -0.39 is 0 Å². The summed E-state index contributed by atoms with van der Waals surface area (Å²) in [6, 6.07) is 0. The predicted octanol–water partition coefficient (Wildman–Crippen LogP) is 1.79. The van der Waals surface area contributed by atoms with Crippen LogP contribution >= 0.6 is 0 Å². The number of rotatable bonds is 4. The minimum absolute atomic E-state index is 0.0744. The number of ether oxygens (including phenoxy) is 1. The maximum atomic E-state index is 12.6. The van der Waals surface area contributed by atoms with Crippen LogP contribution in [-0.4, -0.2) is 50.2 Å². The highest BCUT2D eigenvalue weighted by Gasteiger charge is 2.41. The van der Waals surface area contributed by atoms with Crippen molar-refractivity contribution in [2.75, 3.05) is 33.2 Å². The van der Waals surface area contributed by atoms with Crippen LogP contribution in [-0.2, 0) is 9.53 Å². The first-order valence-electron chi connectivity index (χ1n) is 7.76. The van der Waals surface area contributed by atoms with Gasteiger partial charge in [0.05, 0.1) is 5.41 Å². The zero-order valence-corrected chi connectivity index (χ0v) is 12.4. The van der Waals surface area contributed by atoms with Gasteiger partial charge in [0.1, 0.15) is 6.10 Å². The first-order valence-corrected chi connectivity index (χ1v) is 7.76.